The van der Waals surface area contributed by atoms with Crippen LogP contribution in [0.3, 0.4) is 0 Å². The molecule has 1 atom stereocenters. The van der Waals surface area contributed by atoms with Gasteiger partial charge in [0, 0.05) is 19.6 Å². The van der Waals surface area contributed by atoms with Crippen LogP contribution in [0.2, 0.25) is 0 Å². The molecule has 0 amide bonds. The third-order valence-electron chi connectivity index (χ3n) is 2.40. The normalized spacial score (nSPS) is 12.8. The van der Waals surface area contributed by atoms with Crippen LogP contribution in [0.4, 0.5) is 0 Å². The SMILES string of the molecule is CCCCCC(CCOC)C(C)=O. The van der Waals surface area contributed by atoms with Crippen LogP contribution in [0.15, 0.2) is 0 Å². The Kier molecular flexibility index (Phi) is 8.00. The van der Waals surface area contributed by atoms with Gasteiger partial charge in [0.1, 0.15) is 5.78 Å². The fraction of sp³-hybridized carbons (Fsp3) is 0.909. The van der Waals surface area contributed by atoms with E-state index in [4.69, 9.17) is 4.74 Å². The van der Waals surface area contributed by atoms with Crippen molar-refractivity contribution in [2.45, 2.75) is 46.0 Å². The van der Waals surface area contributed by atoms with Crippen molar-refractivity contribution in [3.05, 3.63) is 0 Å². The van der Waals surface area contributed by atoms with Crippen LogP contribution < -0.4 is 0 Å². The van der Waals surface area contributed by atoms with Gasteiger partial charge in [0.2, 0.25) is 0 Å². The molecule has 0 aromatic carbocycles. The van der Waals surface area contributed by atoms with E-state index in [2.05, 4.69) is 6.92 Å². The van der Waals surface area contributed by atoms with Crippen molar-refractivity contribution in [2.24, 2.45) is 5.92 Å². The van der Waals surface area contributed by atoms with E-state index in [1.807, 2.05) is 0 Å². The molecule has 0 spiro atoms. The Morgan fingerprint density at radius 3 is 2.46 bits per heavy atom. The summed E-state index contributed by atoms with van der Waals surface area (Å²) in [5.41, 5.74) is 0. The van der Waals surface area contributed by atoms with Crippen molar-refractivity contribution in [3.63, 3.8) is 0 Å². The molecule has 13 heavy (non-hydrogen) atoms. The van der Waals surface area contributed by atoms with Gasteiger partial charge in [0.15, 0.2) is 0 Å². The van der Waals surface area contributed by atoms with E-state index < -0.39 is 0 Å². The Balaban J connectivity index is 3.61. The lowest BCUT2D eigenvalue weighted by molar-refractivity contribution is -0.121. The summed E-state index contributed by atoms with van der Waals surface area (Å²) >= 11 is 0. The summed E-state index contributed by atoms with van der Waals surface area (Å²) in [4.78, 5) is 11.2. The van der Waals surface area contributed by atoms with Gasteiger partial charge in [-0.2, -0.15) is 0 Å². The number of hydrogen-bond donors (Lipinski definition) is 0. The smallest absolute Gasteiger partial charge is 0.132 e. The van der Waals surface area contributed by atoms with Gasteiger partial charge in [-0.05, 0) is 19.8 Å². The molecular formula is C11H22O2. The first-order valence-corrected chi connectivity index (χ1v) is 5.21. The predicted molar refractivity (Wildman–Crippen MR) is 54.8 cm³/mol. The highest BCUT2D eigenvalue weighted by molar-refractivity contribution is 5.78. The Bertz CT molecular complexity index is 132. The molecule has 1 unspecified atom stereocenters. The highest BCUT2D eigenvalue weighted by Gasteiger charge is 2.12. The van der Waals surface area contributed by atoms with Crippen molar-refractivity contribution in [1.82, 2.24) is 0 Å². The lowest BCUT2D eigenvalue weighted by Crippen LogP contribution is -2.13. The lowest BCUT2D eigenvalue weighted by atomic mass is 9.95. The minimum Gasteiger partial charge on any atom is -0.385 e. The lowest BCUT2D eigenvalue weighted by Gasteiger charge is -2.12. The van der Waals surface area contributed by atoms with Crippen molar-refractivity contribution in [1.29, 1.82) is 0 Å². The molecule has 0 aromatic heterocycles. The topological polar surface area (TPSA) is 26.3 Å². The molecule has 0 aliphatic carbocycles. The molecule has 0 rings (SSSR count). The van der Waals surface area contributed by atoms with Crippen molar-refractivity contribution < 1.29 is 9.53 Å². The monoisotopic (exact) mass is 186 g/mol. The molecule has 2 nitrogen and oxygen atoms in total. The van der Waals surface area contributed by atoms with Gasteiger partial charge < -0.3 is 4.74 Å². The van der Waals surface area contributed by atoms with Crippen molar-refractivity contribution in [2.75, 3.05) is 13.7 Å². The number of Topliss-reactive ketones (excluding diaryl/α,β-unsaturated/α-hetero) is 1. The molecular weight excluding hydrogens is 164 g/mol. The van der Waals surface area contributed by atoms with Crippen LogP contribution in [0.1, 0.15) is 46.0 Å². The quantitative estimate of drug-likeness (QED) is 0.545. The summed E-state index contributed by atoms with van der Waals surface area (Å²) in [5, 5.41) is 0. The summed E-state index contributed by atoms with van der Waals surface area (Å²) in [6.45, 7) is 4.57. The van der Waals surface area contributed by atoms with E-state index in [0.29, 0.717) is 12.4 Å². The molecule has 0 bridgehead atoms. The summed E-state index contributed by atoms with van der Waals surface area (Å²) in [5.74, 6) is 0.541. The minimum absolute atomic E-state index is 0.228. The Morgan fingerprint density at radius 1 is 1.31 bits per heavy atom. The molecule has 0 aliphatic rings. The van der Waals surface area contributed by atoms with Gasteiger partial charge in [-0.15, -0.1) is 0 Å². The Hall–Kier alpha value is -0.370. The number of carbonyl (C=O) groups excluding carboxylic acids is 1. The maximum absolute atomic E-state index is 11.2. The molecule has 2 heteroatoms. The van der Waals surface area contributed by atoms with Crippen molar-refractivity contribution in [3.8, 4) is 0 Å². The zero-order valence-corrected chi connectivity index (χ0v) is 9.14. The zero-order valence-electron chi connectivity index (χ0n) is 9.14. The molecule has 0 fully saturated rings. The number of methoxy groups -OCH3 is 1. The molecule has 0 saturated heterocycles. The number of hydrogen-bond acceptors (Lipinski definition) is 2. The second-order valence-electron chi connectivity index (χ2n) is 3.58. The summed E-state index contributed by atoms with van der Waals surface area (Å²) in [7, 11) is 1.68. The third kappa shape index (κ3) is 6.76. The first-order valence-electron chi connectivity index (χ1n) is 5.21. The van der Waals surface area contributed by atoms with Gasteiger partial charge in [-0.3, -0.25) is 4.79 Å². The molecule has 0 heterocycles. The maximum Gasteiger partial charge on any atom is 0.132 e. The summed E-state index contributed by atoms with van der Waals surface area (Å²) in [6, 6.07) is 0. The van der Waals surface area contributed by atoms with Crippen LogP contribution in [0.5, 0.6) is 0 Å². The second kappa shape index (κ2) is 8.24. The fourth-order valence-electron chi connectivity index (χ4n) is 1.45. The number of ketones is 1. The Morgan fingerprint density at radius 2 is 2.00 bits per heavy atom. The zero-order chi connectivity index (χ0) is 10.1. The molecule has 0 radical (unpaired) electrons. The van der Waals surface area contributed by atoms with Crippen LogP contribution in [-0.4, -0.2) is 19.5 Å². The van der Waals surface area contributed by atoms with Gasteiger partial charge in [-0.1, -0.05) is 26.2 Å². The maximum atomic E-state index is 11.2. The number of unbranched alkanes of at least 4 members (excludes halogenated alkanes) is 2. The standard InChI is InChI=1S/C11H22O2/c1-4-5-6-7-11(10(2)12)8-9-13-3/h11H,4-9H2,1-3H3. The average Bonchev–Trinajstić information content (AvgIpc) is 2.10. The molecule has 78 valence electrons. The van der Waals surface area contributed by atoms with E-state index in [1.54, 1.807) is 14.0 Å². The third-order valence-corrected chi connectivity index (χ3v) is 2.40. The molecule has 0 aromatic rings. The fourth-order valence-corrected chi connectivity index (χ4v) is 1.45. The van der Waals surface area contributed by atoms with Gasteiger partial charge in [0.25, 0.3) is 0 Å². The minimum atomic E-state index is 0.228. The van der Waals surface area contributed by atoms with E-state index in [9.17, 15) is 4.79 Å². The first kappa shape index (κ1) is 12.6. The van der Waals surface area contributed by atoms with Crippen LogP contribution in [-0.2, 0) is 9.53 Å². The highest BCUT2D eigenvalue weighted by Crippen LogP contribution is 2.14. The number of rotatable bonds is 8. The predicted octanol–water partition coefficient (Wildman–Crippen LogP) is 2.81. The van der Waals surface area contributed by atoms with Crippen molar-refractivity contribution >= 4 is 5.78 Å². The number of carbonyl (C=O) groups is 1. The first-order chi connectivity index (χ1) is 6.22. The van der Waals surface area contributed by atoms with Crippen LogP contribution in [0.25, 0.3) is 0 Å². The average molecular weight is 186 g/mol. The van der Waals surface area contributed by atoms with E-state index in [-0.39, 0.29) is 5.92 Å². The van der Waals surface area contributed by atoms with Crippen LogP contribution in [0, 0.1) is 5.92 Å². The summed E-state index contributed by atoms with van der Waals surface area (Å²) < 4.78 is 4.98. The molecule has 0 aliphatic heterocycles. The largest absolute Gasteiger partial charge is 0.385 e. The Labute approximate surface area is 81.7 Å². The van der Waals surface area contributed by atoms with Gasteiger partial charge in [-0.25, -0.2) is 0 Å². The highest BCUT2D eigenvalue weighted by atomic mass is 16.5. The second-order valence-corrected chi connectivity index (χ2v) is 3.58. The molecule has 0 saturated carbocycles. The van der Waals surface area contributed by atoms with E-state index in [0.717, 1.165) is 12.8 Å². The van der Waals surface area contributed by atoms with E-state index in [1.165, 1.54) is 19.3 Å². The molecule has 0 N–H and O–H groups in total. The summed E-state index contributed by atoms with van der Waals surface area (Å²) in [6.07, 6.45) is 5.54. The number of ether oxygens (including phenoxy) is 1. The van der Waals surface area contributed by atoms with E-state index >= 15 is 0 Å². The van der Waals surface area contributed by atoms with Gasteiger partial charge >= 0.3 is 0 Å². The van der Waals surface area contributed by atoms with Crippen LogP contribution >= 0.6 is 0 Å². The van der Waals surface area contributed by atoms with Gasteiger partial charge in [0.05, 0.1) is 0 Å².